The highest BCUT2D eigenvalue weighted by atomic mass is 32.2. The van der Waals surface area contributed by atoms with Crippen LogP contribution in [0.2, 0.25) is 0 Å². The lowest BCUT2D eigenvalue weighted by Crippen LogP contribution is -2.05. The van der Waals surface area contributed by atoms with Gasteiger partial charge in [0.15, 0.2) is 5.16 Å². The maximum Gasteiger partial charge on any atom is 0.313 e. The van der Waals surface area contributed by atoms with Crippen LogP contribution in [0.5, 0.6) is 0 Å². The van der Waals surface area contributed by atoms with Crippen molar-refractivity contribution < 1.29 is 9.90 Å². The third-order valence-electron chi connectivity index (χ3n) is 2.89. The van der Waals surface area contributed by atoms with E-state index in [1.54, 1.807) is 11.8 Å². The van der Waals surface area contributed by atoms with E-state index in [1.165, 1.54) is 17.3 Å². The standard InChI is InChI=1S/C15H18N2O2S2/c1-3-7-20-8-6-17-13-9-11(2)4-5-12(13)16-15(17)21-10-14(18)19/h3-5,9H,1,6-8,10H2,2H3,(H,18,19). The largest absolute Gasteiger partial charge is 0.481 e. The molecule has 0 atom stereocenters. The second kappa shape index (κ2) is 7.56. The smallest absolute Gasteiger partial charge is 0.313 e. The van der Waals surface area contributed by atoms with Crippen molar-refractivity contribution in [3.63, 3.8) is 0 Å². The first-order chi connectivity index (χ1) is 10.1. The SMILES string of the molecule is C=CCSCCn1c(SCC(=O)O)nc2ccc(C)cc21. The Kier molecular flexibility index (Phi) is 5.76. The van der Waals surface area contributed by atoms with E-state index in [2.05, 4.69) is 22.2 Å². The molecule has 6 heteroatoms. The molecule has 2 aromatic rings. The summed E-state index contributed by atoms with van der Waals surface area (Å²) in [6.07, 6.45) is 1.89. The van der Waals surface area contributed by atoms with Gasteiger partial charge in [0.05, 0.1) is 16.8 Å². The molecule has 0 fully saturated rings. The van der Waals surface area contributed by atoms with E-state index in [-0.39, 0.29) is 5.75 Å². The van der Waals surface area contributed by atoms with Crippen LogP contribution in [-0.2, 0) is 11.3 Å². The van der Waals surface area contributed by atoms with Gasteiger partial charge in [0.2, 0.25) is 0 Å². The molecular formula is C15H18N2O2S2. The van der Waals surface area contributed by atoms with Gasteiger partial charge in [-0.25, -0.2) is 4.98 Å². The van der Waals surface area contributed by atoms with E-state index >= 15 is 0 Å². The predicted molar refractivity (Wildman–Crippen MR) is 90.4 cm³/mol. The first-order valence-corrected chi connectivity index (χ1v) is 8.76. The predicted octanol–water partition coefficient (Wildman–Crippen LogP) is 3.44. The lowest BCUT2D eigenvalue weighted by Gasteiger charge is -2.08. The van der Waals surface area contributed by atoms with E-state index in [9.17, 15) is 4.79 Å². The van der Waals surface area contributed by atoms with Crippen LogP contribution in [0.15, 0.2) is 36.0 Å². The Morgan fingerprint density at radius 1 is 1.52 bits per heavy atom. The summed E-state index contributed by atoms with van der Waals surface area (Å²) in [5.41, 5.74) is 3.17. The zero-order valence-electron chi connectivity index (χ0n) is 11.9. The van der Waals surface area contributed by atoms with Crippen molar-refractivity contribution in [3.8, 4) is 0 Å². The second-order valence-electron chi connectivity index (χ2n) is 4.58. The molecule has 1 aromatic carbocycles. The van der Waals surface area contributed by atoms with Gasteiger partial charge in [-0.2, -0.15) is 11.8 Å². The van der Waals surface area contributed by atoms with Gasteiger partial charge in [0.1, 0.15) is 0 Å². The third kappa shape index (κ3) is 4.28. The zero-order valence-corrected chi connectivity index (χ0v) is 13.5. The van der Waals surface area contributed by atoms with Crippen LogP contribution < -0.4 is 0 Å². The van der Waals surface area contributed by atoms with Gasteiger partial charge in [0.25, 0.3) is 0 Å². The van der Waals surface area contributed by atoms with Crippen molar-refractivity contribution in [2.45, 2.75) is 18.6 Å². The number of carboxylic acids is 1. The molecule has 1 N–H and O–H groups in total. The highest BCUT2D eigenvalue weighted by Gasteiger charge is 2.12. The minimum atomic E-state index is -0.823. The van der Waals surface area contributed by atoms with Gasteiger partial charge in [-0.3, -0.25) is 4.79 Å². The topological polar surface area (TPSA) is 55.1 Å². The van der Waals surface area contributed by atoms with Crippen LogP contribution in [0.25, 0.3) is 11.0 Å². The molecule has 112 valence electrons. The number of rotatable bonds is 8. The number of carboxylic acid groups (broad SMARTS) is 1. The number of carbonyl (C=O) groups is 1. The van der Waals surface area contributed by atoms with E-state index in [0.29, 0.717) is 0 Å². The zero-order chi connectivity index (χ0) is 15.2. The Balaban J connectivity index is 2.26. The number of aliphatic carboxylic acids is 1. The first-order valence-electron chi connectivity index (χ1n) is 6.62. The van der Waals surface area contributed by atoms with E-state index in [1.807, 2.05) is 25.1 Å². The Hall–Kier alpha value is -1.40. The fourth-order valence-corrected chi connectivity index (χ4v) is 3.39. The highest BCUT2D eigenvalue weighted by Crippen LogP contribution is 2.25. The number of aryl methyl sites for hydroxylation is 2. The molecule has 0 radical (unpaired) electrons. The molecule has 0 amide bonds. The highest BCUT2D eigenvalue weighted by molar-refractivity contribution is 8.00. The van der Waals surface area contributed by atoms with Gasteiger partial charge >= 0.3 is 5.97 Å². The Morgan fingerprint density at radius 3 is 3.05 bits per heavy atom. The van der Waals surface area contributed by atoms with Gasteiger partial charge in [-0.05, 0) is 24.6 Å². The summed E-state index contributed by atoms with van der Waals surface area (Å²) in [7, 11) is 0. The summed E-state index contributed by atoms with van der Waals surface area (Å²) in [4.78, 5) is 15.3. The summed E-state index contributed by atoms with van der Waals surface area (Å²) in [6.45, 7) is 6.58. The molecule has 4 nitrogen and oxygen atoms in total. The van der Waals surface area contributed by atoms with E-state index in [0.717, 1.165) is 34.2 Å². The fourth-order valence-electron chi connectivity index (χ4n) is 1.99. The molecule has 1 aromatic heterocycles. The lowest BCUT2D eigenvalue weighted by atomic mass is 10.2. The van der Waals surface area contributed by atoms with Gasteiger partial charge in [-0.1, -0.05) is 23.9 Å². The monoisotopic (exact) mass is 322 g/mol. The Labute approximate surface area is 132 Å². The quantitative estimate of drug-likeness (QED) is 0.458. The van der Waals surface area contributed by atoms with Crippen LogP contribution in [0.3, 0.4) is 0 Å². The van der Waals surface area contributed by atoms with Crippen molar-refractivity contribution in [1.82, 2.24) is 9.55 Å². The van der Waals surface area contributed by atoms with Crippen LogP contribution in [0.1, 0.15) is 5.56 Å². The molecule has 21 heavy (non-hydrogen) atoms. The number of aromatic nitrogens is 2. The van der Waals surface area contributed by atoms with Gasteiger partial charge < -0.3 is 9.67 Å². The number of hydrogen-bond acceptors (Lipinski definition) is 4. The van der Waals surface area contributed by atoms with Crippen LogP contribution in [0, 0.1) is 6.92 Å². The average molecular weight is 322 g/mol. The van der Waals surface area contributed by atoms with Gasteiger partial charge in [-0.15, -0.1) is 6.58 Å². The molecule has 2 rings (SSSR count). The number of thioether (sulfide) groups is 2. The van der Waals surface area contributed by atoms with Crippen LogP contribution in [0.4, 0.5) is 0 Å². The summed E-state index contributed by atoms with van der Waals surface area (Å²) >= 11 is 3.08. The van der Waals surface area contributed by atoms with Crippen molar-refractivity contribution >= 4 is 40.5 Å². The van der Waals surface area contributed by atoms with Gasteiger partial charge in [0, 0.05) is 18.1 Å². The first kappa shape index (κ1) is 16.0. The van der Waals surface area contributed by atoms with E-state index < -0.39 is 5.97 Å². The van der Waals surface area contributed by atoms with Crippen LogP contribution in [-0.4, -0.2) is 37.9 Å². The molecule has 0 spiro atoms. The molecular weight excluding hydrogens is 304 g/mol. The maximum absolute atomic E-state index is 10.8. The Bertz CT molecular complexity index is 652. The minimum absolute atomic E-state index is 0.0299. The molecule has 1 heterocycles. The summed E-state index contributed by atoms with van der Waals surface area (Å²) in [5, 5.41) is 9.63. The number of benzene rings is 1. The minimum Gasteiger partial charge on any atom is -0.481 e. The molecule has 0 aliphatic carbocycles. The summed E-state index contributed by atoms with van der Waals surface area (Å²) < 4.78 is 2.12. The van der Waals surface area contributed by atoms with E-state index in [4.69, 9.17) is 5.11 Å². The normalized spacial score (nSPS) is 10.9. The molecule has 0 bridgehead atoms. The summed E-state index contributed by atoms with van der Waals surface area (Å²) in [6, 6.07) is 6.12. The maximum atomic E-state index is 10.8. The van der Waals surface area contributed by atoms with Crippen molar-refractivity contribution in [3.05, 3.63) is 36.4 Å². The summed E-state index contributed by atoms with van der Waals surface area (Å²) in [5.74, 6) is 1.08. The average Bonchev–Trinajstić information content (AvgIpc) is 2.78. The van der Waals surface area contributed by atoms with Crippen molar-refractivity contribution in [2.75, 3.05) is 17.3 Å². The fraction of sp³-hybridized carbons (Fsp3) is 0.333. The number of fused-ring (bicyclic) bond motifs is 1. The number of nitrogens with zero attached hydrogens (tertiary/aromatic N) is 2. The number of imidazole rings is 1. The lowest BCUT2D eigenvalue weighted by molar-refractivity contribution is -0.133. The molecule has 0 saturated heterocycles. The third-order valence-corrected chi connectivity index (χ3v) is 4.79. The van der Waals surface area contributed by atoms with Crippen molar-refractivity contribution in [2.24, 2.45) is 0 Å². The molecule has 0 unspecified atom stereocenters. The Morgan fingerprint density at radius 2 is 2.33 bits per heavy atom. The molecule has 0 aliphatic heterocycles. The number of hydrogen-bond donors (Lipinski definition) is 1. The molecule has 0 aliphatic rings. The second-order valence-corrected chi connectivity index (χ2v) is 6.68. The van der Waals surface area contributed by atoms with Crippen molar-refractivity contribution in [1.29, 1.82) is 0 Å². The van der Waals surface area contributed by atoms with Crippen LogP contribution >= 0.6 is 23.5 Å². The molecule has 0 saturated carbocycles.